The van der Waals surface area contributed by atoms with Gasteiger partial charge in [-0.05, 0) is 25.8 Å². The van der Waals surface area contributed by atoms with E-state index in [-0.39, 0.29) is 22.9 Å². The average Bonchev–Trinajstić information content (AvgIpc) is 2.59. The second kappa shape index (κ2) is 9.10. The topological polar surface area (TPSA) is 91.1 Å². The van der Waals surface area contributed by atoms with Crippen LogP contribution >= 0.6 is 0 Å². The Hall–Kier alpha value is -2.51. The third-order valence-corrected chi connectivity index (χ3v) is 3.89. The van der Waals surface area contributed by atoms with Crippen molar-refractivity contribution < 1.29 is 23.9 Å². The largest absolute Gasteiger partial charge is 0.493 e. The lowest BCUT2D eigenvalue weighted by Crippen LogP contribution is -2.33. The fraction of sp³-hybridized carbons (Fsp3) is 0.588. The van der Waals surface area contributed by atoms with Crippen LogP contribution in [0.15, 0.2) is 12.1 Å². The molecule has 1 rings (SSSR count). The third-order valence-electron chi connectivity index (χ3n) is 3.89. The lowest BCUT2D eigenvalue weighted by molar-refractivity contribution is -0.386. The van der Waals surface area contributed by atoms with Gasteiger partial charge in [0, 0.05) is 13.1 Å². The fourth-order valence-electron chi connectivity index (χ4n) is 2.49. The first-order valence-corrected chi connectivity index (χ1v) is 8.16. The number of amides is 1. The SMILES string of the molecule is CCN(CC)C(=O)OC(c1cc(OC)c(OC)cc1[N+](=O)[O-])C(C)C. The fourth-order valence-corrected chi connectivity index (χ4v) is 2.49. The molecule has 1 unspecified atom stereocenters. The van der Waals surface area contributed by atoms with Crippen LogP contribution in [0.5, 0.6) is 11.5 Å². The van der Waals surface area contributed by atoms with Gasteiger partial charge in [0.25, 0.3) is 5.69 Å². The number of hydrogen-bond acceptors (Lipinski definition) is 6. The molecular formula is C17H26N2O6. The zero-order valence-corrected chi connectivity index (χ0v) is 15.6. The van der Waals surface area contributed by atoms with E-state index in [9.17, 15) is 14.9 Å². The molecule has 0 radical (unpaired) electrons. The number of hydrogen-bond donors (Lipinski definition) is 0. The molecule has 0 heterocycles. The van der Waals surface area contributed by atoms with Gasteiger partial charge in [0.1, 0.15) is 6.10 Å². The summed E-state index contributed by atoms with van der Waals surface area (Å²) in [4.78, 5) is 24.8. The van der Waals surface area contributed by atoms with Crippen molar-refractivity contribution in [2.24, 2.45) is 5.92 Å². The van der Waals surface area contributed by atoms with Crippen LogP contribution in [0.1, 0.15) is 39.4 Å². The second-order valence-corrected chi connectivity index (χ2v) is 5.74. The number of nitro benzene ring substituents is 1. The van der Waals surface area contributed by atoms with Gasteiger partial charge in [-0.25, -0.2) is 4.79 Å². The highest BCUT2D eigenvalue weighted by atomic mass is 16.6. The van der Waals surface area contributed by atoms with E-state index in [4.69, 9.17) is 14.2 Å². The van der Waals surface area contributed by atoms with Crippen molar-refractivity contribution in [2.45, 2.75) is 33.8 Å². The van der Waals surface area contributed by atoms with Gasteiger partial charge in [0.2, 0.25) is 0 Å². The summed E-state index contributed by atoms with van der Waals surface area (Å²) in [6.45, 7) is 8.34. The molecule has 0 fully saturated rings. The summed E-state index contributed by atoms with van der Waals surface area (Å²) < 4.78 is 16.0. The number of nitro groups is 1. The summed E-state index contributed by atoms with van der Waals surface area (Å²) in [5.41, 5.74) is 0.0989. The van der Waals surface area contributed by atoms with Crippen LogP contribution in [0.4, 0.5) is 10.5 Å². The molecule has 1 amide bonds. The maximum Gasteiger partial charge on any atom is 0.410 e. The number of carbonyl (C=O) groups excluding carboxylic acids is 1. The van der Waals surface area contributed by atoms with Gasteiger partial charge in [-0.3, -0.25) is 10.1 Å². The molecule has 0 spiro atoms. The van der Waals surface area contributed by atoms with Gasteiger partial charge in [-0.1, -0.05) is 13.8 Å². The number of benzene rings is 1. The third kappa shape index (κ3) is 4.74. The van der Waals surface area contributed by atoms with Gasteiger partial charge in [-0.2, -0.15) is 0 Å². The Balaban J connectivity index is 3.39. The van der Waals surface area contributed by atoms with Crippen molar-refractivity contribution in [2.75, 3.05) is 27.3 Å². The smallest absolute Gasteiger partial charge is 0.410 e. The molecular weight excluding hydrogens is 328 g/mol. The zero-order chi connectivity index (χ0) is 19.1. The Labute approximate surface area is 147 Å². The quantitative estimate of drug-likeness (QED) is 0.521. The van der Waals surface area contributed by atoms with Gasteiger partial charge >= 0.3 is 6.09 Å². The van der Waals surface area contributed by atoms with Gasteiger partial charge in [0.15, 0.2) is 11.5 Å². The van der Waals surface area contributed by atoms with Gasteiger partial charge in [-0.15, -0.1) is 0 Å². The normalized spacial score (nSPS) is 11.8. The van der Waals surface area contributed by atoms with Gasteiger partial charge in [0.05, 0.1) is 30.8 Å². The Morgan fingerprint density at radius 3 is 2.08 bits per heavy atom. The molecule has 0 aliphatic heterocycles. The second-order valence-electron chi connectivity index (χ2n) is 5.74. The molecule has 1 aromatic rings. The van der Waals surface area contributed by atoms with E-state index in [1.54, 1.807) is 0 Å². The summed E-state index contributed by atoms with van der Waals surface area (Å²) >= 11 is 0. The standard InChI is InChI=1S/C17H26N2O6/c1-7-18(8-2)17(20)25-16(11(3)4)12-9-14(23-5)15(24-6)10-13(12)19(21)22/h9-11,16H,7-8H2,1-6H3. The molecule has 25 heavy (non-hydrogen) atoms. The maximum absolute atomic E-state index is 12.3. The van der Waals surface area contributed by atoms with Crippen LogP contribution in [0.3, 0.4) is 0 Å². The molecule has 0 aromatic heterocycles. The maximum atomic E-state index is 12.3. The first-order valence-electron chi connectivity index (χ1n) is 8.16. The van der Waals surface area contributed by atoms with Crippen molar-refractivity contribution in [1.82, 2.24) is 4.90 Å². The lowest BCUT2D eigenvalue weighted by Gasteiger charge is -2.26. The van der Waals surface area contributed by atoms with E-state index in [1.807, 2.05) is 27.7 Å². The Kier molecular flexibility index (Phi) is 7.47. The van der Waals surface area contributed by atoms with E-state index in [2.05, 4.69) is 0 Å². The zero-order valence-electron chi connectivity index (χ0n) is 15.6. The number of nitrogens with zero attached hydrogens (tertiary/aromatic N) is 2. The molecule has 0 saturated heterocycles. The summed E-state index contributed by atoms with van der Waals surface area (Å²) in [6, 6.07) is 2.78. The van der Waals surface area contributed by atoms with Crippen LogP contribution in [0.25, 0.3) is 0 Å². The molecule has 0 aliphatic rings. The van der Waals surface area contributed by atoms with E-state index in [0.29, 0.717) is 18.8 Å². The number of ether oxygens (including phenoxy) is 3. The van der Waals surface area contributed by atoms with Crippen LogP contribution in [-0.4, -0.2) is 43.2 Å². The summed E-state index contributed by atoms with van der Waals surface area (Å²) in [5, 5.41) is 11.5. The molecule has 140 valence electrons. The molecule has 8 heteroatoms. The number of rotatable bonds is 8. The predicted octanol–water partition coefficient (Wildman–Crippen LogP) is 3.79. The molecule has 8 nitrogen and oxygen atoms in total. The first kappa shape index (κ1) is 20.5. The highest BCUT2D eigenvalue weighted by Crippen LogP contribution is 2.40. The van der Waals surface area contributed by atoms with Crippen LogP contribution < -0.4 is 9.47 Å². The molecule has 1 aromatic carbocycles. The van der Waals surface area contributed by atoms with E-state index >= 15 is 0 Å². The average molecular weight is 354 g/mol. The van der Waals surface area contributed by atoms with E-state index in [0.717, 1.165) is 0 Å². The van der Waals surface area contributed by atoms with Crippen LogP contribution in [0.2, 0.25) is 0 Å². The molecule has 1 atom stereocenters. The molecule has 0 saturated carbocycles. The highest BCUT2D eigenvalue weighted by molar-refractivity contribution is 5.68. The van der Waals surface area contributed by atoms with Crippen molar-refractivity contribution in [1.29, 1.82) is 0 Å². The van der Waals surface area contributed by atoms with Crippen molar-refractivity contribution >= 4 is 11.8 Å². The van der Waals surface area contributed by atoms with Crippen LogP contribution in [-0.2, 0) is 4.74 Å². The number of methoxy groups -OCH3 is 2. The van der Waals surface area contributed by atoms with Crippen molar-refractivity contribution in [3.63, 3.8) is 0 Å². The monoisotopic (exact) mass is 354 g/mol. The minimum Gasteiger partial charge on any atom is -0.493 e. The summed E-state index contributed by atoms with van der Waals surface area (Å²) in [5.74, 6) is 0.416. The van der Waals surface area contributed by atoms with Crippen molar-refractivity contribution in [3.8, 4) is 11.5 Å². The lowest BCUT2D eigenvalue weighted by atomic mass is 9.96. The summed E-state index contributed by atoms with van der Waals surface area (Å²) in [6.07, 6.45) is -1.29. The minimum atomic E-state index is -0.784. The Morgan fingerprint density at radius 1 is 1.16 bits per heavy atom. The van der Waals surface area contributed by atoms with E-state index in [1.165, 1.54) is 31.3 Å². The van der Waals surface area contributed by atoms with E-state index < -0.39 is 17.1 Å². The Bertz CT molecular complexity index is 613. The summed E-state index contributed by atoms with van der Waals surface area (Å²) in [7, 11) is 2.85. The van der Waals surface area contributed by atoms with Crippen molar-refractivity contribution in [3.05, 3.63) is 27.8 Å². The van der Waals surface area contributed by atoms with Gasteiger partial charge < -0.3 is 19.1 Å². The minimum absolute atomic E-state index is 0.170. The van der Waals surface area contributed by atoms with Crippen LogP contribution in [0, 0.1) is 16.0 Å². The molecule has 0 bridgehead atoms. The molecule has 0 aliphatic carbocycles. The Morgan fingerprint density at radius 2 is 1.68 bits per heavy atom. The first-order chi connectivity index (χ1) is 11.8. The highest BCUT2D eigenvalue weighted by Gasteiger charge is 2.31. The molecule has 0 N–H and O–H groups in total. The predicted molar refractivity (Wildman–Crippen MR) is 93.2 cm³/mol. The number of carbonyl (C=O) groups is 1.